The molecule has 0 amide bonds. The molecule has 4 rings (SSSR count). The molecule has 1 aliphatic heterocycles. The predicted molar refractivity (Wildman–Crippen MR) is 108 cm³/mol. The standard InChI is InChI=1S/C21H26N6/c1-21(2)16-26(13-11-23-21)20-15-22-14-18(25-20)19-8-10-24-27(19)12-9-17-6-4-3-5-7-17/h3-8,10,14-15,23H,9,11-13,16H2,1-2H3. The largest absolute Gasteiger partial charge is 0.352 e. The monoisotopic (exact) mass is 362 g/mol. The normalized spacial score (nSPS) is 16.4. The Bertz CT molecular complexity index is 886. The molecule has 0 unspecified atom stereocenters. The molecule has 3 aromatic rings. The molecule has 27 heavy (non-hydrogen) atoms. The van der Waals surface area contributed by atoms with Gasteiger partial charge in [-0.15, -0.1) is 0 Å². The summed E-state index contributed by atoms with van der Waals surface area (Å²) in [6.07, 6.45) is 6.46. The number of nitrogens with zero attached hydrogens (tertiary/aromatic N) is 5. The van der Waals surface area contributed by atoms with Crippen molar-refractivity contribution in [3.05, 3.63) is 60.6 Å². The Kier molecular flexibility index (Phi) is 4.90. The topological polar surface area (TPSA) is 58.9 Å². The van der Waals surface area contributed by atoms with E-state index in [-0.39, 0.29) is 5.54 Å². The van der Waals surface area contributed by atoms with Crippen molar-refractivity contribution in [1.29, 1.82) is 0 Å². The lowest BCUT2D eigenvalue weighted by molar-refractivity contribution is 0.351. The number of hydrogen-bond acceptors (Lipinski definition) is 5. The van der Waals surface area contributed by atoms with Crippen LogP contribution in [0.15, 0.2) is 55.0 Å². The molecular formula is C21H26N6. The van der Waals surface area contributed by atoms with E-state index in [2.05, 4.69) is 58.4 Å². The smallest absolute Gasteiger partial charge is 0.147 e. The first kappa shape index (κ1) is 17.7. The summed E-state index contributed by atoms with van der Waals surface area (Å²) >= 11 is 0. The number of rotatable bonds is 5. The second kappa shape index (κ2) is 7.48. The quantitative estimate of drug-likeness (QED) is 0.756. The number of piperazine rings is 1. The van der Waals surface area contributed by atoms with Gasteiger partial charge in [-0.2, -0.15) is 5.10 Å². The van der Waals surface area contributed by atoms with Crippen molar-refractivity contribution in [1.82, 2.24) is 25.1 Å². The maximum absolute atomic E-state index is 4.89. The molecular weight excluding hydrogens is 336 g/mol. The van der Waals surface area contributed by atoms with E-state index in [4.69, 9.17) is 4.98 Å². The predicted octanol–water partition coefficient (Wildman–Crippen LogP) is 2.77. The lowest BCUT2D eigenvalue weighted by Crippen LogP contribution is -2.57. The number of anilines is 1. The average Bonchev–Trinajstić information content (AvgIpc) is 3.15. The Hall–Kier alpha value is -2.73. The zero-order valence-electron chi connectivity index (χ0n) is 16.0. The molecule has 6 heteroatoms. The molecule has 0 radical (unpaired) electrons. The minimum absolute atomic E-state index is 0.0768. The molecule has 6 nitrogen and oxygen atoms in total. The van der Waals surface area contributed by atoms with Gasteiger partial charge in [0.15, 0.2) is 0 Å². The lowest BCUT2D eigenvalue weighted by Gasteiger charge is -2.39. The Morgan fingerprint density at radius 2 is 1.96 bits per heavy atom. The summed E-state index contributed by atoms with van der Waals surface area (Å²) in [7, 11) is 0. The Labute approximate surface area is 160 Å². The van der Waals surface area contributed by atoms with E-state index in [0.717, 1.165) is 49.8 Å². The number of nitrogens with one attached hydrogen (secondary N) is 1. The Morgan fingerprint density at radius 1 is 1.11 bits per heavy atom. The number of benzene rings is 1. The fourth-order valence-corrected chi connectivity index (χ4v) is 3.58. The molecule has 0 bridgehead atoms. The summed E-state index contributed by atoms with van der Waals surface area (Å²) in [6, 6.07) is 12.5. The van der Waals surface area contributed by atoms with E-state index in [9.17, 15) is 0 Å². The van der Waals surface area contributed by atoms with E-state index < -0.39 is 0 Å². The average molecular weight is 362 g/mol. The maximum Gasteiger partial charge on any atom is 0.147 e. The van der Waals surface area contributed by atoms with Gasteiger partial charge in [-0.25, -0.2) is 4.98 Å². The van der Waals surface area contributed by atoms with Gasteiger partial charge in [0.25, 0.3) is 0 Å². The zero-order valence-corrected chi connectivity index (χ0v) is 16.0. The van der Waals surface area contributed by atoms with Gasteiger partial charge in [0.2, 0.25) is 0 Å². The van der Waals surface area contributed by atoms with Crippen LogP contribution < -0.4 is 10.2 Å². The number of hydrogen-bond donors (Lipinski definition) is 1. The van der Waals surface area contributed by atoms with Crippen molar-refractivity contribution in [2.75, 3.05) is 24.5 Å². The molecule has 3 heterocycles. The molecule has 0 spiro atoms. The SMILES string of the molecule is CC1(C)CN(c2cncc(-c3ccnn3CCc3ccccc3)n2)CCN1. The van der Waals surface area contributed by atoms with Crippen LogP contribution in [0.1, 0.15) is 19.4 Å². The van der Waals surface area contributed by atoms with Crippen molar-refractivity contribution < 1.29 is 0 Å². The van der Waals surface area contributed by atoms with Gasteiger partial charge in [0.05, 0.1) is 18.1 Å². The first-order valence-corrected chi connectivity index (χ1v) is 9.49. The highest BCUT2D eigenvalue weighted by molar-refractivity contribution is 5.56. The third-order valence-corrected chi connectivity index (χ3v) is 4.95. The highest BCUT2D eigenvalue weighted by Crippen LogP contribution is 2.22. The van der Waals surface area contributed by atoms with Crippen molar-refractivity contribution in [3.63, 3.8) is 0 Å². The van der Waals surface area contributed by atoms with E-state index in [1.54, 1.807) is 0 Å². The molecule has 140 valence electrons. The van der Waals surface area contributed by atoms with Gasteiger partial charge in [-0.1, -0.05) is 30.3 Å². The second-order valence-electron chi connectivity index (χ2n) is 7.67. The van der Waals surface area contributed by atoms with Crippen LogP contribution in [-0.2, 0) is 13.0 Å². The minimum atomic E-state index is 0.0768. The summed E-state index contributed by atoms with van der Waals surface area (Å²) in [5.74, 6) is 0.929. The molecule has 0 saturated carbocycles. The van der Waals surface area contributed by atoms with E-state index in [1.807, 2.05) is 35.4 Å². The van der Waals surface area contributed by atoms with Crippen molar-refractivity contribution in [2.45, 2.75) is 32.4 Å². The molecule has 2 aromatic heterocycles. The lowest BCUT2D eigenvalue weighted by atomic mass is 10.0. The minimum Gasteiger partial charge on any atom is -0.352 e. The molecule has 1 saturated heterocycles. The van der Waals surface area contributed by atoms with Crippen LogP contribution in [0, 0.1) is 0 Å². The molecule has 1 aliphatic rings. The van der Waals surface area contributed by atoms with Crippen LogP contribution in [-0.4, -0.2) is 44.9 Å². The van der Waals surface area contributed by atoms with Crippen molar-refractivity contribution >= 4 is 5.82 Å². The third kappa shape index (κ3) is 4.17. The highest BCUT2D eigenvalue weighted by Gasteiger charge is 2.26. The van der Waals surface area contributed by atoms with Gasteiger partial charge >= 0.3 is 0 Å². The van der Waals surface area contributed by atoms with Crippen LogP contribution in [0.4, 0.5) is 5.82 Å². The summed E-state index contributed by atoms with van der Waals surface area (Å²) in [5, 5.41) is 8.04. The van der Waals surface area contributed by atoms with Gasteiger partial charge in [0, 0.05) is 37.9 Å². The van der Waals surface area contributed by atoms with E-state index in [1.165, 1.54) is 5.56 Å². The van der Waals surface area contributed by atoms with Crippen molar-refractivity contribution in [3.8, 4) is 11.4 Å². The Balaban J connectivity index is 1.53. The summed E-state index contributed by atoms with van der Waals surface area (Å²) in [6.45, 7) is 8.06. The maximum atomic E-state index is 4.89. The van der Waals surface area contributed by atoms with E-state index in [0.29, 0.717) is 0 Å². The molecule has 1 fully saturated rings. The zero-order chi connectivity index (χ0) is 18.7. The Morgan fingerprint density at radius 3 is 2.78 bits per heavy atom. The fraction of sp³-hybridized carbons (Fsp3) is 0.381. The first-order chi connectivity index (χ1) is 13.1. The first-order valence-electron chi connectivity index (χ1n) is 9.49. The number of aromatic nitrogens is 4. The van der Waals surface area contributed by atoms with Crippen LogP contribution in [0.2, 0.25) is 0 Å². The van der Waals surface area contributed by atoms with Crippen LogP contribution >= 0.6 is 0 Å². The van der Waals surface area contributed by atoms with Crippen LogP contribution in [0.3, 0.4) is 0 Å². The van der Waals surface area contributed by atoms with Crippen molar-refractivity contribution in [2.24, 2.45) is 0 Å². The van der Waals surface area contributed by atoms with Gasteiger partial charge in [-0.05, 0) is 31.9 Å². The summed E-state index contributed by atoms with van der Waals surface area (Å²) < 4.78 is 2.02. The molecule has 1 N–H and O–H groups in total. The molecule has 0 aliphatic carbocycles. The van der Waals surface area contributed by atoms with E-state index >= 15 is 0 Å². The molecule has 1 aromatic carbocycles. The number of aryl methyl sites for hydroxylation is 2. The fourth-order valence-electron chi connectivity index (χ4n) is 3.58. The van der Waals surface area contributed by atoms with Gasteiger partial charge in [-0.3, -0.25) is 9.67 Å². The van der Waals surface area contributed by atoms with Crippen LogP contribution in [0.25, 0.3) is 11.4 Å². The third-order valence-electron chi connectivity index (χ3n) is 4.95. The highest BCUT2D eigenvalue weighted by atomic mass is 15.3. The second-order valence-corrected chi connectivity index (χ2v) is 7.67. The summed E-state index contributed by atoms with van der Waals surface area (Å²) in [4.78, 5) is 11.7. The summed E-state index contributed by atoms with van der Waals surface area (Å²) in [5.41, 5.74) is 3.26. The van der Waals surface area contributed by atoms with Crippen LogP contribution in [0.5, 0.6) is 0 Å². The molecule has 0 atom stereocenters. The van der Waals surface area contributed by atoms with Gasteiger partial charge < -0.3 is 10.2 Å². The van der Waals surface area contributed by atoms with Gasteiger partial charge in [0.1, 0.15) is 11.5 Å².